The normalized spacial score (nSPS) is 11.9. The number of halogens is 3. The average Bonchev–Trinajstić information content (AvgIpc) is 2.61. The van der Waals surface area contributed by atoms with Gasteiger partial charge in [0.25, 0.3) is 5.91 Å². The van der Waals surface area contributed by atoms with Gasteiger partial charge in [0.1, 0.15) is 0 Å². The van der Waals surface area contributed by atoms with E-state index in [0.717, 1.165) is 12.1 Å². The molecule has 2 aromatic carbocycles. The second kappa shape index (κ2) is 8.23. The summed E-state index contributed by atoms with van der Waals surface area (Å²) in [5.41, 5.74) is 0.703. The van der Waals surface area contributed by atoms with Gasteiger partial charge < -0.3 is 11.1 Å². The zero-order valence-electron chi connectivity index (χ0n) is 14.4. The number of hydrogen-bond acceptors (Lipinski definition) is 5. The van der Waals surface area contributed by atoms with Gasteiger partial charge in [-0.25, -0.2) is 8.42 Å². The SMILES string of the molecule is CCS(=O)(=O)c1cc(C(=O)Nc2ccc(SC(F)(F)F)cc2)ccc1C(N)=O. The molecule has 0 spiro atoms. The van der Waals surface area contributed by atoms with Crippen molar-refractivity contribution in [1.82, 2.24) is 0 Å². The molecule has 0 fully saturated rings. The van der Waals surface area contributed by atoms with Crippen LogP contribution >= 0.6 is 11.8 Å². The second-order valence-corrected chi connectivity index (χ2v) is 8.89. The molecule has 0 aromatic heterocycles. The van der Waals surface area contributed by atoms with E-state index in [4.69, 9.17) is 5.73 Å². The maximum atomic E-state index is 12.4. The van der Waals surface area contributed by atoms with Gasteiger partial charge in [-0.05, 0) is 54.2 Å². The summed E-state index contributed by atoms with van der Waals surface area (Å²) in [6, 6.07) is 8.37. The van der Waals surface area contributed by atoms with Crippen molar-refractivity contribution in [3.63, 3.8) is 0 Å². The van der Waals surface area contributed by atoms with Gasteiger partial charge in [-0.1, -0.05) is 6.92 Å². The summed E-state index contributed by atoms with van der Waals surface area (Å²) in [6.45, 7) is 1.38. The van der Waals surface area contributed by atoms with Crippen molar-refractivity contribution >= 4 is 39.1 Å². The number of alkyl halides is 3. The molecule has 0 atom stereocenters. The minimum Gasteiger partial charge on any atom is -0.366 e. The first kappa shape index (κ1) is 21.8. The van der Waals surface area contributed by atoms with Gasteiger partial charge >= 0.3 is 5.51 Å². The molecule has 0 heterocycles. The molecule has 28 heavy (non-hydrogen) atoms. The molecular weight excluding hydrogens is 417 g/mol. The Balaban J connectivity index is 2.27. The number of rotatable bonds is 6. The summed E-state index contributed by atoms with van der Waals surface area (Å²) < 4.78 is 61.4. The van der Waals surface area contributed by atoms with Crippen LogP contribution < -0.4 is 11.1 Å². The summed E-state index contributed by atoms with van der Waals surface area (Å²) in [6.07, 6.45) is 0. The third-order valence-electron chi connectivity index (χ3n) is 3.57. The van der Waals surface area contributed by atoms with Crippen LogP contribution in [0.1, 0.15) is 27.6 Å². The quantitative estimate of drug-likeness (QED) is 0.680. The van der Waals surface area contributed by atoms with Gasteiger partial charge in [0, 0.05) is 16.1 Å². The van der Waals surface area contributed by atoms with Gasteiger partial charge in [-0.15, -0.1) is 0 Å². The number of thioether (sulfide) groups is 1. The maximum absolute atomic E-state index is 12.4. The number of carbonyl (C=O) groups is 2. The van der Waals surface area contributed by atoms with Crippen molar-refractivity contribution < 1.29 is 31.2 Å². The molecule has 0 bridgehead atoms. The minimum absolute atomic E-state index is 0.0485. The number of benzene rings is 2. The van der Waals surface area contributed by atoms with E-state index < -0.39 is 27.2 Å². The van der Waals surface area contributed by atoms with Crippen LogP contribution in [0.5, 0.6) is 0 Å². The van der Waals surface area contributed by atoms with Crippen molar-refractivity contribution in [3.8, 4) is 0 Å². The van der Waals surface area contributed by atoms with Crippen molar-refractivity contribution in [2.45, 2.75) is 22.2 Å². The predicted molar refractivity (Wildman–Crippen MR) is 99.0 cm³/mol. The Morgan fingerprint density at radius 2 is 1.71 bits per heavy atom. The fourth-order valence-electron chi connectivity index (χ4n) is 2.22. The Labute approximate surface area is 163 Å². The number of carbonyl (C=O) groups excluding carboxylic acids is 2. The van der Waals surface area contributed by atoms with Gasteiger partial charge in [-0.3, -0.25) is 9.59 Å². The number of nitrogens with two attached hydrogens (primary N) is 1. The van der Waals surface area contributed by atoms with E-state index in [1.165, 1.54) is 37.3 Å². The average molecular weight is 432 g/mol. The van der Waals surface area contributed by atoms with E-state index in [2.05, 4.69) is 5.32 Å². The standard InChI is InChI=1S/C17H15F3N2O4S2/c1-2-28(25,26)14-9-10(3-8-13(14)15(21)23)16(24)22-11-4-6-12(7-5-11)27-17(18,19)20/h3-9H,2H2,1H3,(H2,21,23)(H,22,24). The lowest BCUT2D eigenvalue weighted by Gasteiger charge is -2.11. The molecule has 11 heteroatoms. The Bertz CT molecular complexity index is 1000. The molecule has 6 nitrogen and oxygen atoms in total. The molecule has 2 aromatic rings. The number of anilines is 1. The Morgan fingerprint density at radius 1 is 1.11 bits per heavy atom. The third kappa shape index (κ3) is 5.49. The largest absolute Gasteiger partial charge is 0.446 e. The summed E-state index contributed by atoms with van der Waals surface area (Å²) in [7, 11) is -3.82. The van der Waals surface area contributed by atoms with Crippen LogP contribution in [0.2, 0.25) is 0 Å². The molecular formula is C17H15F3N2O4S2. The number of sulfone groups is 1. The molecule has 150 valence electrons. The lowest BCUT2D eigenvalue weighted by molar-refractivity contribution is -0.0328. The van der Waals surface area contributed by atoms with Gasteiger partial charge in [-0.2, -0.15) is 13.2 Å². The zero-order valence-corrected chi connectivity index (χ0v) is 16.0. The highest BCUT2D eigenvalue weighted by Gasteiger charge is 2.29. The van der Waals surface area contributed by atoms with Crippen molar-refractivity contribution in [3.05, 3.63) is 53.6 Å². The van der Waals surface area contributed by atoms with Crippen LogP contribution in [0, 0.1) is 0 Å². The topological polar surface area (TPSA) is 106 Å². The van der Waals surface area contributed by atoms with Gasteiger partial charge in [0.15, 0.2) is 9.84 Å². The van der Waals surface area contributed by atoms with Crippen LogP contribution in [-0.2, 0) is 9.84 Å². The van der Waals surface area contributed by atoms with E-state index in [0.29, 0.717) is 0 Å². The molecule has 0 aliphatic carbocycles. The smallest absolute Gasteiger partial charge is 0.366 e. The summed E-state index contributed by atoms with van der Waals surface area (Å²) in [5.74, 6) is -1.94. The van der Waals surface area contributed by atoms with E-state index in [9.17, 15) is 31.2 Å². The Hall–Kier alpha value is -2.53. The molecule has 0 unspecified atom stereocenters. The van der Waals surface area contributed by atoms with Crippen LogP contribution in [-0.4, -0.2) is 31.5 Å². The predicted octanol–water partition coefficient (Wildman–Crippen LogP) is 3.44. The number of primary amides is 1. The summed E-state index contributed by atoms with van der Waals surface area (Å²) in [4.78, 5) is 23.4. The first-order chi connectivity index (χ1) is 12.9. The molecule has 0 aliphatic rings. The molecule has 3 N–H and O–H groups in total. The van der Waals surface area contributed by atoms with Crippen molar-refractivity contribution in [2.24, 2.45) is 5.73 Å². The molecule has 0 aliphatic heterocycles. The van der Waals surface area contributed by atoms with Crippen LogP contribution in [0.25, 0.3) is 0 Å². The summed E-state index contributed by atoms with van der Waals surface area (Å²) >= 11 is -0.287. The van der Waals surface area contributed by atoms with E-state index in [1.807, 2.05) is 0 Å². The molecule has 2 amide bonds. The van der Waals surface area contributed by atoms with E-state index >= 15 is 0 Å². The highest BCUT2D eigenvalue weighted by Crippen LogP contribution is 2.37. The van der Waals surface area contributed by atoms with Crippen LogP contribution in [0.3, 0.4) is 0 Å². The highest BCUT2D eigenvalue weighted by atomic mass is 32.2. The number of nitrogens with one attached hydrogen (secondary N) is 1. The van der Waals surface area contributed by atoms with Crippen LogP contribution in [0.15, 0.2) is 52.3 Å². The second-order valence-electron chi connectivity index (χ2n) is 5.50. The van der Waals surface area contributed by atoms with Gasteiger partial charge in [0.2, 0.25) is 5.91 Å². The van der Waals surface area contributed by atoms with Gasteiger partial charge in [0.05, 0.1) is 16.2 Å². The Kier molecular flexibility index (Phi) is 6.40. The number of hydrogen-bond donors (Lipinski definition) is 2. The van der Waals surface area contributed by atoms with E-state index in [-0.39, 0.29) is 44.1 Å². The lowest BCUT2D eigenvalue weighted by atomic mass is 10.1. The zero-order chi connectivity index (χ0) is 21.1. The fourth-order valence-corrected chi connectivity index (χ4v) is 3.88. The Morgan fingerprint density at radius 3 is 2.21 bits per heavy atom. The molecule has 0 saturated heterocycles. The molecule has 0 radical (unpaired) electrons. The highest BCUT2D eigenvalue weighted by molar-refractivity contribution is 8.00. The summed E-state index contributed by atoms with van der Waals surface area (Å²) in [5, 5.41) is 2.45. The van der Waals surface area contributed by atoms with Crippen molar-refractivity contribution in [1.29, 1.82) is 0 Å². The lowest BCUT2D eigenvalue weighted by Crippen LogP contribution is -2.19. The number of amides is 2. The molecule has 2 rings (SSSR count). The first-order valence-corrected chi connectivity index (χ1v) is 10.2. The fraction of sp³-hybridized carbons (Fsp3) is 0.176. The maximum Gasteiger partial charge on any atom is 0.446 e. The molecule has 0 saturated carbocycles. The van der Waals surface area contributed by atoms with E-state index in [1.54, 1.807) is 0 Å². The third-order valence-corrected chi connectivity index (χ3v) is 6.08. The minimum atomic E-state index is -4.42. The van der Waals surface area contributed by atoms with Crippen LogP contribution in [0.4, 0.5) is 18.9 Å². The monoisotopic (exact) mass is 432 g/mol. The van der Waals surface area contributed by atoms with Crippen molar-refractivity contribution in [2.75, 3.05) is 11.1 Å². The first-order valence-electron chi connectivity index (χ1n) is 7.76.